The van der Waals surface area contributed by atoms with Gasteiger partial charge in [-0.3, -0.25) is 0 Å². The molecule has 0 heterocycles. The molecule has 38 heavy (non-hydrogen) atoms. The minimum Gasteiger partial charge on any atom is -0.482 e. The van der Waals surface area contributed by atoms with E-state index in [4.69, 9.17) is 9.47 Å². The molecule has 1 aromatic carbocycles. The standard InChI is InChI=1S/C35H52O3/c1-24(2)10-9-11-25(3)30-16-17-31-29-15-14-26-22-28(38-33(36)23-37-27-12-7-6-8-13-27)18-20-34(26,4)32(29)19-21-35(30,31)5/h6-8,12-14,24-25,28-32H,9-11,15-23H2,1-5H3. The number of allylic oxidation sites excluding steroid dienone is 1. The molecule has 3 saturated carbocycles. The highest BCUT2D eigenvalue weighted by atomic mass is 16.6. The number of hydrogen-bond acceptors (Lipinski definition) is 3. The zero-order chi connectivity index (χ0) is 26.9. The summed E-state index contributed by atoms with van der Waals surface area (Å²) in [5.41, 5.74) is 2.40. The maximum Gasteiger partial charge on any atom is 0.344 e. The molecule has 0 N–H and O–H groups in total. The topological polar surface area (TPSA) is 35.5 Å². The Kier molecular flexibility index (Phi) is 8.32. The molecule has 0 amide bonds. The molecule has 0 bridgehead atoms. The summed E-state index contributed by atoms with van der Waals surface area (Å²) in [5.74, 6) is 5.60. The molecule has 0 aliphatic heterocycles. The number of esters is 1. The lowest BCUT2D eigenvalue weighted by molar-refractivity contribution is -0.153. The number of ether oxygens (including phenoxy) is 2. The molecule has 0 aromatic heterocycles. The van der Waals surface area contributed by atoms with Crippen molar-refractivity contribution in [3.05, 3.63) is 42.0 Å². The van der Waals surface area contributed by atoms with Crippen LogP contribution in [0.3, 0.4) is 0 Å². The van der Waals surface area contributed by atoms with E-state index in [-0.39, 0.29) is 24.1 Å². The SMILES string of the molecule is CC(C)CCCC(C)C1CCC2C3CC=C4CC(OC(=O)COc5ccccc5)CCC4(C)C3CCC12C. The van der Waals surface area contributed by atoms with Crippen LogP contribution in [-0.2, 0) is 9.53 Å². The van der Waals surface area contributed by atoms with Crippen LogP contribution in [0.5, 0.6) is 5.75 Å². The molecule has 4 aliphatic rings. The molecule has 4 aliphatic carbocycles. The lowest BCUT2D eigenvalue weighted by Gasteiger charge is -2.58. The number of para-hydroxylation sites is 1. The predicted molar refractivity (Wildman–Crippen MR) is 155 cm³/mol. The smallest absolute Gasteiger partial charge is 0.344 e. The van der Waals surface area contributed by atoms with E-state index in [1.54, 1.807) is 5.57 Å². The average molecular weight is 521 g/mol. The van der Waals surface area contributed by atoms with Crippen LogP contribution in [0.25, 0.3) is 0 Å². The van der Waals surface area contributed by atoms with Crippen LogP contribution in [0.2, 0.25) is 0 Å². The predicted octanol–water partition coefficient (Wildman–Crippen LogP) is 9.02. The van der Waals surface area contributed by atoms with E-state index in [1.807, 2.05) is 30.3 Å². The van der Waals surface area contributed by atoms with Crippen molar-refractivity contribution < 1.29 is 14.3 Å². The van der Waals surface area contributed by atoms with E-state index in [0.29, 0.717) is 11.2 Å². The molecule has 3 nitrogen and oxygen atoms in total. The molecule has 0 radical (unpaired) electrons. The molecule has 5 rings (SSSR count). The number of benzene rings is 1. The largest absolute Gasteiger partial charge is 0.482 e. The van der Waals surface area contributed by atoms with Crippen molar-refractivity contribution in [2.24, 2.45) is 46.3 Å². The minimum atomic E-state index is -0.246. The second-order valence-electron chi connectivity index (χ2n) is 14.2. The maximum absolute atomic E-state index is 12.5. The van der Waals surface area contributed by atoms with Crippen LogP contribution in [0, 0.1) is 46.3 Å². The Morgan fingerprint density at radius 1 is 0.974 bits per heavy atom. The minimum absolute atomic E-state index is 0.00541. The molecule has 0 saturated heterocycles. The third kappa shape index (κ3) is 5.46. The lowest BCUT2D eigenvalue weighted by atomic mass is 9.47. The number of hydrogen-bond donors (Lipinski definition) is 0. The van der Waals surface area contributed by atoms with Gasteiger partial charge in [-0.25, -0.2) is 4.79 Å². The summed E-state index contributed by atoms with van der Waals surface area (Å²) in [7, 11) is 0. The summed E-state index contributed by atoms with van der Waals surface area (Å²) in [6.45, 7) is 12.5. The van der Waals surface area contributed by atoms with Gasteiger partial charge in [-0.1, -0.05) is 83.7 Å². The third-order valence-electron chi connectivity index (χ3n) is 11.7. The molecule has 0 spiro atoms. The molecule has 8 unspecified atom stereocenters. The summed E-state index contributed by atoms with van der Waals surface area (Å²) in [6, 6.07) is 9.52. The summed E-state index contributed by atoms with van der Waals surface area (Å²) in [5, 5.41) is 0. The van der Waals surface area contributed by atoms with Gasteiger partial charge in [0.2, 0.25) is 0 Å². The van der Waals surface area contributed by atoms with E-state index in [9.17, 15) is 4.79 Å². The number of fused-ring (bicyclic) bond motifs is 5. The normalized spacial score (nSPS) is 37.0. The second-order valence-corrected chi connectivity index (χ2v) is 14.2. The Balaban J connectivity index is 1.19. The zero-order valence-electron chi connectivity index (χ0n) is 24.7. The molecule has 3 fully saturated rings. The highest BCUT2D eigenvalue weighted by Gasteiger charge is 2.59. The van der Waals surface area contributed by atoms with Crippen molar-refractivity contribution in [1.82, 2.24) is 0 Å². The molecule has 3 heteroatoms. The van der Waals surface area contributed by atoms with Gasteiger partial charge in [0.05, 0.1) is 0 Å². The molecule has 8 atom stereocenters. The van der Waals surface area contributed by atoms with Gasteiger partial charge in [0, 0.05) is 6.42 Å². The average Bonchev–Trinajstić information content (AvgIpc) is 3.25. The van der Waals surface area contributed by atoms with Crippen LogP contribution in [0.4, 0.5) is 0 Å². The summed E-state index contributed by atoms with van der Waals surface area (Å²) in [6.07, 6.45) is 16.7. The van der Waals surface area contributed by atoms with Gasteiger partial charge in [-0.15, -0.1) is 0 Å². The summed E-state index contributed by atoms with van der Waals surface area (Å²) < 4.78 is 11.5. The Morgan fingerprint density at radius 2 is 1.76 bits per heavy atom. The first kappa shape index (κ1) is 27.8. The van der Waals surface area contributed by atoms with E-state index in [0.717, 1.165) is 54.8 Å². The van der Waals surface area contributed by atoms with Gasteiger partial charge in [0.1, 0.15) is 11.9 Å². The fraction of sp³-hybridized carbons (Fsp3) is 0.743. The van der Waals surface area contributed by atoms with Gasteiger partial charge < -0.3 is 9.47 Å². The number of carbonyl (C=O) groups excluding carboxylic acids is 1. The first-order chi connectivity index (χ1) is 18.2. The zero-order valence-corrected chi connectivity index (χ0v) is 24.7. The van der Waals surface area contributed by atoms with Crippen molar-refractivity contribution in [2.75, 3.05) is 6.61 Å². The van der Waals surface area contributed by atoms with E-state index in [2.05, 4.69) is 40.7 Å². The Bertz CT molecular complexity index is 982. The van der Waals surface area contributed by atoms with Crippen molar-refractivity contribution >= 4 is 5.97 Å². The third-order valence-corrected chi connectivity index (χ3v) is 11.7. The summed E-state index contributed by atoms with van der Waals surface area (Å²) >= 11 is 0. The second kappa shape index (κ2) is 11.4. The maximum atomic E-state index is 12.5. The lowest BCUT2D eigenvalue weighted by Crippen LogP contribution is -2.51. The van der Waals surface area contributed by atoms with Gasteiger partial charge in [-0.2, -0.15) is 0 Å². The molecular formula is C35H52O3. The van der Waals surface area contributed by atoms with Gasteiger partial charge >= 0.3 is 5.97 Å². The highest BCUT2D eigenvalue weighted by Crippen LogP contribution is 2.67. The van der Waals surface area contributed by atoms with E-state index >= 15 is 0 Å². The fourth-order valence-corrected chi connectivity index (χ4v) is 9.63. The Morgan fingerprint density at radius 3 is 2.53 bits per heavy atom. The monoisotopic (exact) mass is 520 g/mol. The summed E-state index contributed by atoms with van der Waals surface area (Å²) in [4.78, 5) is 12.5. The first-order valence-electron chi connectivity index (χ1n) is 15.8. The Labute approximate surface area is 232 Å². The van der Waals surface area contributed by atoms with Crippen LogP contribution < -0.4 is 4.74 Å². The molecular weight excluding hydrogens is 468 g/mol. The van der Waals surface area contributed by atoms with Crippen LogP contribution in [0.15, 0.2) is 42.0 Å². The van der Waals surface area contributed by atoms with Crippen LogP contribution in [0.1, 0.15) is 105 Å². The van der Waals surface area contributed by atoms with Crippen LogP contribution in [-0.4, -0.2) is 18.7 Å². The van der Waals surface area contributed by atoms with Crippen LogP contribution >= 0.6 is 0 Å². The fourth-order valence-electron chi connectivity index (χ4n) is 9.63. The molecule has 1 aromatic rings. The highest BCUT2D eigenvalue weighted by molar-refractivity contribution is 5.71. The Hall–Kier alpha value is -1.77. The molecule has 210 valence electrons. The number of carbonyl (C=O) groups is 1. The quantitative estimate of drug-likeness (QED) is 0.241. The van der Waals surface area contributed by atoms with Crippen molar-refractivity contribution in [3.63, 3.8) is 0 Å². The van der Waals surface area contributed by atoms with Gasteiger partial charge in [0.25, 0.3) is 0 Å². The van der Waals surface area contributed by atoms with E-state index in [1.165, 1.54) is 51.4 Å². The van der Waals surface area contributed by atoms with E-state index < -0.39 is 0 Å². The first-order valence-corrected chi connectivity index (χ1v) is 15.8. The van der Waals surface area contributed by atoms with Crippen molar-refractivity contribution in [3.8, 4) is 5.75 Å². The van der Waals surface area contributed by atoms with Gasteiger partial charge in [0.15, 0.2) is 6.61 Å². The van der Waals surface area contributed by atoms with Gasteiger partial charge in [-0.05, 0) is 103 Å². The van der Waals surface area contributed by atoms with Crippen molar-refractivity contribution in [2.45, 2.75) is 111 Å². The number of rotatable bonds is 9. The van der Waals surface area contributed by atoms with Crippen molar-refractivity contribution in [1.29, 1.82) is 0 Å².